The maximum atomic E-state index is 12.1. The minimum Gasteiger partial charge on any atom is -0.351 e. The van der Waals surface area contributed by atoms with E-state index >= 15 is 0 Å². The quantitative estimate of drug-likeness (QED) is 0.771. The lowest BCUT2D eigenvalue weighted by atomic mass is 10.3. The molecule has 3 rings (SSSR count). The van der Waals surface area contributed by atoms with Gasteiger partial charge in [-0.2, -0.15) is 4.98 Å². The molecule has 23 heavy (non-hydrogen) atoms. The normalized spacial score (nSPS) is 10.7. The van der Waals surface area contributed by atoms with Crippen LogP contribution in [0.4, 0.5) is 0 Å². The average molecular weight is 329 g/mol. The molecule has 0 saturated carbocycles. The fourth-order valence-corrected chi connectivity index (χ4v) is 2.91. The predicted octanol–water partition coefficient (Wildman–Crippen LogP) is 2.18. The predicted molar refractivity (Wildman–Crippen MR) is 85.2 cm³/mol. The van der Waals surface area contributed by atoms with Gasteiger partial charge in [-0.15, -0.1) is 11.3 Å². The molecule has 0 atom stereocenters. The molecule has 1 N–H and O–H groups in total. The minimum absolute atomic E-state index is 0.119. The van der Waals surface area contributed by atoms with E-state index in [4.69, 9.17) is 4.52 Å². The Morgan fingerprint density at radius 2 is 2.04 bits per heavy atom. The number of amides is 1. The first kappa shape index (κ1) is 15.3. The van der Waals surface area contributed by atoms with Gasteiger partial charge < -0.3 is 9.84 Å². The molecular weight excluding hydrogens is 314 g/mol. The Hall–Kier alpha value is -2.61. The summed E-state index contributed by atoms with van der Waals surface area (Å²) < 4.78 is 5.21. The molecular formula is C15H15N5O2S. The third-order valence-electron chi connectivity index (χ3n) is 3.14. The zero-order chi connectivity index (χ0) is 16.2. The summed E-state index contributed by atoms with van der Waals surface area (Å²) in [5, 5.41) is 7.65. The Labute approximate surface area is 136 Å². The van der Waals surface area contributed by atoms with Gasteiger partial charge in [0, 0.05) is 30.9 Å². The largest absolute Gasteiger partial charge is 0.351 e. The highest BCUT2D eigenvalue weighted by atomic mass is 32.1. The molecule has 0 aliphatic carbocycles. The van der Waals surface area contributed by atoms with Crippen molar-refractivity contribution in [1.29, 1.82) is 0 Å². The highest BCUT2D eigenvalue weighted by Gasteiger charge is 2.14. The Morgan fingerprint density at radius 3 is 2.74 bits per heavy atom. The van der Waals surface area contributed by atoms with E-state index in [0.29, 0.717) is 29.6 Å². The van der Waals surface area contributed by atoms with Crippen molar-refractivity contribution in [2.24, 2.45) is 0 Å². The second-order valence-corrected chi connectivity index (χ2v) is 6.11. The number of pyridine rings is 1. The van der Waals surface area contributed by atoms with Gasteiger partial charge in [0.1, 0.15) is 4.88 Å². The monoisotopic (exact) mass is 329 g/mol. The lowest BCUT2D eigenvalue weighted by Crippen LogP contribution is -2.25. The zero-order valence-corrected chi connectivity index (χ0v) is 13.6. The molecule has 3 aromatic heterocycles. The van der Waals surface area contributed by atoms with E-state index < -0.39 is 0 Å². The van der Waals surface area contributed by atoms with Gasteiger partial charge in [-0.05, 0) is 26.0 Å². The van der Waals surface area contributed by atoms with Crippen LogP contribution in [0.25, 0.3) is 11.5 Å². The number of carbonyl (C=O) groups excluding carboxylic acids is 1. The van der Waals surface area contributed by atoms with Gasteiger partial charge in [-0.1, -0.05) is 5.16 Å². The van der Waals surface area contributed by atoms with Gasteiger partial charge in [0.05, 0.1) is 10.7 Å². The summed E-state index contributed by atoms with van der Waals surface area (Å²) in [5.41, 5.74) is 1.57. The first-order valence-electron chi connectivity index (χ1n) is 7.08. The van der Waals surface area contributed by atoms with Crippen molar-refractivity contribution in [3.63, 3.8) is 0 Å². The van der Waals surface area contributed by atoms with Crippen molar-refractivity contribution >= 4 is 17.2 Å². The van der Waals surface area contributed by atoms with Gasteiger partial charge >= 0.3 is 0 Å². The Morgan fingerprint density at radius 1 is 1.26 bits per heavy atom. The number of nitrogens with zero attached hydrogens (tertiary/aromatic N) is 4. The molecule has 0 saturated heterocycles. The average Bonchev–Trinajstić information content (AvgIpc) is 3.14. The van der Waals surface area contributed by atoms with Crippen LogP contribution in [0.15, 0.2) is 29.0 Å². The van der Waals surface area contributed by atoms with E-state index in [0.717, 1.165) is 16.3 Å². The fraction of sp³-hybridized carbons (Fsp3) is 0.267. The maximum Gasteiger partial charge on any atom is 0.263 e. The molecule has 0 bridgehead atoms. The molecule has 3 aromatic rings. The smallest absolute Gasteiger partial charge is 0.263 e. The summed E-state index contributed by atoms with van der Waals surface area (Å²) in [6.45, 7) is 4.15. The second-order valence-electron chi connectivity index (χ2n) is 4.90. The molecule has 0 aromatic carbocycles. The molecule has 0 spiro atoms. The number of aromatic nitrogens is 4. The van der Waals surface area contributed by atoms with Crippen LogP contribution in [-0.2, 0) is 6.42 Å². The molecule has 0 unspecified atom stereocenters. The van der Waals surface area contributed by atoms with Crippen LogP contribution in [-0.4, -0.2) is 32.6 Å². The summed E-state index contributed by atoms with van der Waals surface area (Å²) in [6.07, 6.45) is 3.83. The van der Waals surface area contributed by atoms with Gasteiger partial charge in [0.15, 0.2) is 5.82 Å². The maximum absolute atomic E-state index is 12.1. The van der Waals surface area contributed by atoms with Gasteiger partial charge in [-0.25, -0.2) is 4.98 Å². The van der Waals surface area contributed by atoms with Crippen molar-refractivity contribution in [2.45, 2.75) is 20.3 Å². The van der Waals surface area contributed by atoms with E-state index in [1.807, 2.05) is 13.8 Å². The van der Waals surface area contributed by atoms with Crippen LogP contribution >= 0.6 is 11.3 Å². The summed E-state index contributed by atoms with van der Waals surface area (Å²) in [4.78, 5) is 25.2. The minimum atomic E-state index is -0.119. The van der Waals surface area contributed by atoms with E-state index in [1.165, 1.54) is 11.3 Å². The topological polar surface area (TPSA) is 93.8 Å². The number of hydrogen-bond acceptors (Lipinski definition) is 7. The van der Waals surface area contributed by atoms with E-state index in [-0.39, 0.29) is 5.91 Å². The third kappa shape index (κ3) is 3.59. The molecule has 3 heterocycles. The molecule has 0 aliphatic rings. The molecule has 1 amide bonds. The lowest BCUT2D eigenvalue weighted by molar-refractivity contribution is 0.0957. The second kappa shape index (κ2) is 6.66. The van der Waals surface area contributed by atoms with Crippen LogP contribution in [0.1, 0.15) is 26.2 Å². The number of thiazole rings is 1. The van der Waals surface area contributed by atoms with Crippen molar-refractivity contribution in [3.05, 3.63) is 45.9 Å². The molecule has 0 fully saturated rings. The lowest BCUT2D eigenvalue weighted by Gasteiger charge is -2.01. The van der Waals surface area contributed by atoms with Crippen molar-refractivity contribution in [1.82, 2.24) is 25.4 Å². The summed E-state index contributed by atoms with van der Waals surface area (Å²) in [7, 11) is 0. The highest BCUT2D eigenvalue weighted by molar-refractivity contribution is 7.13. The number of rotatable bonds is 5. The standard InChI is InChI=1S/C15H15N5O2S/c1-9-13(23-10(2)18-9)14(21)17-8-5-12-19-15(22-20-12)11-3-6-16-7-4-11/h3-4,6-7H,5,8H2,1-2H3,(H,17,21). The molecule has 8 heteroatoms. The highest BCUT2D eigenvalue weighted by Crippen LogP contribution is 2.17. The van der Waals surface area contributed by atoms with Gasteiger partial charge in [-0.3, -0.25) is 9.78 Å². The molecule has 0 aliphatic heterocycles. The number of hydrogen-bond donors (Lipinski definition) is 1. The molecule has 7 nitrogen and oxygen atoms in total. The first-order valence-corrected chi connectivity index (χ1v) is 7.90. The van der Waals surface area contributed by atoms with Crippen LogP contribution < -0.4 is 5.32 Å². The Balaban J connectivity index is 1.56. The fourth-order valence-electron chi connectivity index (χ4n) is 2.08. The summed E-state index contributed by atoms with van der Waals surface area (Å²) in [5.74, 6) is 0.878. The number of carbonyl (C=O) groups is 1. The van der Waals surface area contributed by atoms with Crippen LogP contribution in [0, 0.1) is 13.8 Å². The van der Waals surface area contributed by atoms with Crippen LogP contribution in [0.5, 0.6) is 0 Å². The SMILES string of the molecule is Cc1nc(C)c(C(=O)NCCc2noc(-c3ccncc3)n2)s1. The zero-order valence-electron chi connectivity index (χ0n) is 12.7. The molecule has 0 radical (unpaired) electrons. The number of aryl methyl sites for hydroxylation is 2. The molecule has 118 valence electrons. The van der Waals surface area contributed by atoms with Crippen molar-refractivity contribution in [3.8, 4) is 11.5 Å². The van der Waals surface area contributed by atoms with E-state index in [9.17, 15) is 4.79 Å². The Kier molecular flexibility index (Phi) is 4.42. The van der Waals surface area contributed by atoms with E-state index in [2.05, 4.69) is 25.4 Å². The first-order chi connectivity index (χ1) is 11.1. The van der Waals surface area contributed by atoms with Crippen LogP contribution in [0.3, 0.4) is 0 Å². The summed E-state index contributed by atoms with van der Waals surface area (Å²) in [6, 6.07) is 3.60. The van der Waals surface area contributed by atoms with Gasteiger partial charge in [0.2, 0.25) is 0 Å². The Bertz CT molecular complexity index is 812. The third-order valence-corrected chi connectivity index (χ3v) is 4.21. The van der Waals surface area contributed by atoms with E-state index in [1.54, 1.807) is 24.5 Å². The number of nitrogens with one attached hydrogen (secondary N) is 1. The summed E-state index contributed by atoms with van der Waals surface area (Å²) >= 11 is 1.39. The van der Waals surface area contributed by atoms with Crippen molar-refractivity contribution in [2.75, 3.05) is 6.54 Å². The van der Waals surface area contributed by atoms with Crippen molar-refractivity contribution < 1.29 is 9.32 Å². The van der Waals surface area contributed by atoms with Gasteiger partial charge in [0.25, 0.3) is 11.8 Å². The van der Waals surface area contributed by atoms with Crippen LogP contribution in [0.2, 0.25) is 0 Å².